The topological polar surface area (TPSA) is 92.4 Å². The Bertz CT molecular complexity index is 1100. The monoisotopic (exact) mass is 345 g/mol. The Morgan fingerprint density at radius 3 is 2.77 bits per heavy atom. The second-order valence-electron chi connectivity index (χ2n) is 5.77. The lowest BCUT2D eigenvalue weighted by Gasteiger charge is -2.08. The van der Waals surface area contributed by atoms with Crippen LogP contribution in [0.2, 0.25) is 0 Å². The molecule has 0 aromatic carbocycles. The largest absolute Gasteiger partial charge is 0.478 e. The molecule has 0 radical (unpaired) electrons. The minimum Gasteiger partial charge on any atom is -0.478 e. The summed E-state index contributed by atoms with van der Waals surface area (Å²) in [6, 6.07) is 12.8. The number of anilines is 2. The van der Waals surface area contributed by atoms with Crippen LogP contribution >= 0.6 is 0 Å². The van der Waals surface area contributed by atoms with Gasteiger partial charge in [-0.3, -0.25) is 4.40 Å². The maximum atomic E-state index is 10.9. The number of nitrogens with zero attached hydrogens (tertiary/aromatic N) is 4. The van der Waals surface area contributed by atoms with Crippen molar-refractivity contribution in [3.8, 4) is 11.3 Å². The molecule has 0 amide bonds. The van der Waals surface area contributed by atoms with E-state index in [9.17, 15) is 4.79 Å². The van der Waals surface area contributed by atoms with Gasteiger partial charge in [0.25, 0.3) is 0 Å². The third-order valence-electron chi connectivity index (χ3n) is 4.00. The molecule has 0 aliphatic heterocycles. The van der Waals surface area contributed by atoms with E-state index in [1.54, 1.807) is 12.3 Å². The van der Waals surface area contributed by atoms with Crippen molar-refractivity contribution in [1.82, 2.24) is 19.4 Å². The van der Waals surface area contributed by atoms with Gasteiger partial charge in [0.2, 0.25) is 0 Å². The van der Waals surface area contributed by atoms with Crippen LogP contribution in [-0.2, 0) is 0 Å². The molecule has 7 heteroatoms. The van der Waals surface area contributed by atoms with Crippen LogP contribution in [0.3, 0.4) is 0 Å². The molecule has 0 unspecified atom stereocenters. The Kier molecular flexibility index (Phi) is 3.81. The Labute approximate surface area is 149 Å². The number of pyridine rings is 3. The Morgan fingerprint density at radius 2 is 2.00 bits per heavy atom. The van der Waals surface area contributed by atoms with Gasteiger partial charge >= 0.3 is 5.97 Å². The van der Waals surface area contributed by atoms with Crippen LogP contribution in [-0.4, -0.2) is 30.4 Å². The number of hydrogen-bond acceptors (Lipinski definition) is 5. The van der Waals surface area contributed by atoms with E-state index in [0.29, 0.717) is 11.6 Å². The van der Waals surface area contributed by atoms with E-state index < -0.39 is 5.97 Å². The zero-order chi connectivity index (χ0) is 18.1. The number of carbonyl (C=O) groups is 1. The van der Waals surface area contributed by atoms with Gasteiger partial charge in [-0.2, -0.15) is 0 Å². The minimum atomic E-state index is -1.01. The van der Waals surface area contributed by atoms with Crippen LogP contribution < -0.4 is 5.32 Å². The number of nitrogens with one attached hydrogen (secondary N) is 1. The number of imidazole rings is 1. The van der Waals surface area contributed by atoms with Crippen LogP contribution in [0, 0.1) is 6.92 Å². The molecule has 4 aromatic rings. The molecule has 4 aromatic heterocycles. The van der Waals surface area contributed by atoms with Crippen LogP contribution in [0.15, 0.2) is 61.1 Å². The number of aryl methyl sites for hydroxylation is 1. The van der Waals surface area contributed by atoms with Crippen molar-refractivity contribution in [2.75, 3.05) is 5.32 Å². The van der Waals surface area contributed by atoms with Crippen molar-refractivity contribution in [3.63, 3.8) is 0 Å². The van der Waals surface area contributed by atoms with Crippen molar-refractivity contribution in [2.45, 2.75) is 6.92 Å². The predicted octanol–water partition coefficient (Wildman–Crippen LogP) is 3.54. The van der Waals surface area contributed by atoms with Crippen molar-refractivity contribution < 1.29 is 9.90 Å². The van der Waals surface area contributed by atoms with Crippen LogP contribution in [0.4, 0.5) is 11.6 Å². The molecule has 0 aliphatic carbocycles. The first-order chi connectivity index (χ1) is 12.6. The van der Waals surface area contributed by atoms with Gasteiger partial charge in [-0.25, -0.2) is 19.7 Å². The molecule has 7 nitrogen and oxygen atoms in total. The average Bonchev–Trinajstić information content (AvgIpc) is 2.98. The van der Waals surface area contributed by atoms with Gasteiger partial charge in [0.05, 0.1) is 17.0 Å². The number of carboxylic acids is 1. The first kappa shape index (κ1) is 15.8. The minimum absolute atomic E-state index is 0.138. The van der Waals surface area contributed by atoms with Crippen LogP contribution in [0.5, 0.6) is 0 Å². The van der Waals surface area contributed by atoms with Gasteiger partial charge in [-0.1, -0.05) is 6.07 Å². The molecule has 0 saturated carbocycles. The molecular formula is C19H15N5O2. The lowest BCUT2D eigenvalue weighted by Crippen LogP contribution is -2.00. The summed E-state index contributed by atoms with van der Waals surface area (Å²) >= 11 is 0. The number of aromatic nitrogens is 4. The van der Waals surface area contributed by atoms with E-state index >= 15 is 0 Å². The summed E-state index contributed by atoms with van der Waals surface area (Å²) in [7, 11) is 0. The molecule has 26 heavy (non-hydrogen) atoms. The van der Waals surface area contributed by atoms with Crippen molar-refractivity contribution in [3.05, 3.63) is 72.3 Å². The first-order valence-electron chi connectivity index (χ1n) is 7.98. The first-order valence-corrected chi connectivity index (χ1v) is 7.98. The third-order valence-corrected chi connectivity index (χ3v) is 4.00. The quantitative estimate of drug-likeness (QED) is 0.588. The summed E-state index contributed by atoms with van der Waals surface area (Å²) in [5, 5.41) is 12.0. The van der Waals surface area contributed by atoms with Crippen LogP contribution in [0.1, 0.15) is 16.1 Å². The summed E-state index contributed by atoms with van der Waals surface area (Å²) in [4.78, 5) is 23.9. The van der Waals surface area contributed by atoms with E-state index in [1.807, 2.05) is 47.9 Å². The number of rotatable bonds is 4. The average molecular weight is 345 g/mol. The number of fused-ring (bicyclic) bond motifs is 1. The summed E-state index contributed by atoms with van der Waals surface area (Å²) < 4.78 is 2.04. The van der Waals surface area contributed by atoms with Gasteiger partial charge in [-0.05, 0) is 43.3 Å². The SMILES string of the molecule is Cc1nc2ccccn2c1-c1ccnc(Nc2ccc(C(=O)O)cn2)c1. The molecule has 0 fully saturated rings. The fraction of sp³-hybridized carbons (Fsp3) is 0.0526. The van der Waals surface area contributed by atoms with E-state index in [1.165, 1.54) is 12.3 Å². The highest BCUT2D eigenvalue weighted by atomic mass is 16.4. The van der Waals surface area contributed by atoms with Gasteiger partial charge in [0.1, 0.15) is 17.3 Å². The highest BCUT2D eigenvalue weighted by Gasteiger charge is 2.11. The highest BCUT2D eigenvalue weighted by Crippen LogP contribution is 2.26. The Hall–Kier alpha value is -3.74. The smallest absolute Gasteiger partial charge is 0.337 e. The molecule has 0 spiro atoms. The lowest BCUT2D eigenvalue weighted by atomic mass is 10.1. The van der Waals surface area contributed by atoms with Crippen molar-refractivity contribution in [2.24, 2.45) is 0 Å². The number of aromatic carboxylic acids is 1. The molecule has 2 N–H and O–H groups in total. The third kappa shape index (κ3) is 2.86. The fourth-order valence-electron chi connectivity index (χ4n) is 2.83. The van der Waals surface area contributed by atoms with Crippen molar-refractivity contribution >= 4 is 23.3 Å². The molecule has 4 rings (SSSR count). The molecule has 4 heterocycles. The molecule has 0 saturated heterocycles. The lowest BCUT2D eigenvalue weighted by molar-refractivity contribution is 0.0696. The van der Waals surface area contributed by atoms with Gasteiger partial charge in [0, 0.05) is 24.2 Å². The standard InChI is InChI=1S/C19H15N5O2/c1-12-18(24-9-3-2-4-17(24)22-12)13-7-8-20-16(10-13)23-15-6-5-14(11-21-15)19(25)26/h2-11H,1H3,(H,25,26)(H,20,21,23). The second-order valence-corrected chi connectivity index (χ2v) is 5.77. The van der Waals surface area contributed by atoms with E-state index in [0.717, 1.165) is 22.6 Å². The van der Waals surface area contributed by atoms with Gasteiger partial charge in [-0.15, -0.1) is 0 Å². The van der Waals surface area contributed by atoms with Gasteiger partial charge < -0.3 is 10.4 Å². The maximum Gasteiger partial charge on any atom is 0.337 e. The van der Waals surface area contributed by atoms with Crippen molar-refractivity contribution in [1.29, 1.82) is 0 Å². The molecule has 0 aliphatic rings. The van der Waals surface area contributed by atoms with E-state index in [4.69, 9.17) is 5.11 Å². The molecule has 0 atom stereocenters. The molecule has 0 bridgehead atoms. The zero-order valence-corrected chi connectivity index (χ0v) is 13.9. The number of hydrogen-bond donors (Lipinski definition) is 2. The van der Waals surface area contributed by atoms with E-state index in [2.05, 4.69) is 20.3 Å². The molecular weight excluding hydrogens is 330 g/mol. The molecule has 128 valence electrons. The van der Waals surface area contributed by atoms with Crippen LogP contribution in [0.25, 0.3) is 16.9 Å². The predicted molar refractivity (Wildman–Crippen MR) is 97.6 cm³/mol. The fourth-order valence-corrected chi connectivity index (χ4v) is 2.83. The van der Waals surface area contributed by atoms with E-state index in [-0.39, 0.29) is 5.56 Å². The number of carboxylic acid groups (broad SMARTS) is 1. The van der Waals surface area contributed by atoms with Gasteiger partial charge in [0.15, 0.2) is 0 Å². The Morgan fingerprint density at radius 1 is 1.12 bits per heavy atom. The zero-order valence-electron chi connectivity index (χ0n) is 13.9. The maximum absolute atomic E-state index is 10.9. The second kappa shape index (κ2) is 6.29. The normalized spacial score (nSPS) is 10.8. The highest BCUT2D eigenvalue weighted by molar-refractivity contribution is 5.87. The summed E-state index contributed by atoms with van der Waals surface area (Å²) in [6.07, 6.45) is 5.00. The Balaban J connectivity index is 1.68. The summed E-state index contributed by atoms with van der Waals surface area (Å²) in [5.41, 5.74) is 3.93. The summed E-state index contributed by atoms with van der Waals surface area (Å²) in [5.74, 6) is 0.130. The summed E-state index contributed by atoms with van der Waals surface area (Å²) in [6.45, 7) is 1.97.